The molecule has 3 rings (SSSR count). The van der Waals surface area contributed by atoms with Gasteiger partial charge in [-0.2, -0.15) is 0 Å². The predicted octanol–water partition coefficient (Wildman–Crippen LogP) is 4.37. The van der Waals surface area contributed by atoms with E-state index >= 15 is 0 Å². The summed E-state index contributed by atoms with van der Waals surface area (Å²) in [5.41, 5.74) is 0.779. The zero-order valence-electron chi connectivity index (χ0n) is 23.8. The first-order chi connectivity index (χ1) is 19.5. The molecule has 0 aromatic heterocycles. The summed E-state index contributed by atoms with van der Waals surface area (Å²) in [5, 5.41) is 2.89. The largest absolute Gasteiger partial charge is 0.497 e. The van der Waals surface area contributed by atoms with Gasteiger partial charge in [-0.05, 0) is 86.5 Å². The third-order valence-electron chi connectivity index (χ3n) is 6.70. The molecule has 0 heterocycles. The van der Waals surface area contributed by atoms with Crippen molar-refractivity contribution in [1.82, 2.24) is 10.2 Å². The molecule has 0 aliphatic carbocycles. The van der Waals surface area contributed by atoms with E-state index in [9.17, 15) is 22.4 Å². The number of nitrogens with one attached hydrogen (secondary N) is 1. The van der Waals surface area contributed by atoms with E-state index in [1.165, 1.54) is 55.5 Å². The van der Waals surface area contributed by atoms with Crippen molar-refractivity contribution in [3.05, 3.63) is 84.2 Å². The predicted molar refractivity (Wildman–Crippen MR) is 155 cm³/mol. The van der Waals surface area contributed by atoms with Gasteiger partial charge in [0.05, 0.1) is 24.8 Å². The van der Waals surface area contributed by atoms with E-state index in [0.717, 1.165) is 16.4 Å². The molecule has 3 aromatic carbocycles. The van der Waals surface area contributed by atoms with Crippen LogP contribution in [0.25, 0.3) is 0 Å². The van der Waals surface area contributed by atoms with Crippen molar-refractivity contribution in [3.63, 3.8) is 0 Å². The first-order valence-electron chi connectivity index (χ1n) is 13.1. The van der Waals surface area contributed by atoms with Gasteiger partial charge in [0, 0.05) is 12.6 Å². The van der Waals surface area contributed by atoms with E-state index in [-0.39, 0.29) is 29.1 Å². The summed E-state index contributed by atoms with van der Waals surface area (Å²) in [7, 11) is -1.30. The van der Waals surface area contributed by atoms with E-state index in [4.69, 9.17) is 9.47 Å². The standard InChI is InChI=1S/C30H36FN3O6S/c1-6-21(2)32-30(36)22(3)33(19-23-8-7-9-27(18-23)40-5)29(35)20-34(25-12-10-24(31)11-13-25)41(37,38)28-16-14-26(39-4)15-17-28/h7-18,21-22H,6,19-20H2,1-5H3,(H,32,36)/t21-,22+/m1/s1. The molecular weight excluding hydrogens is 549 g/mol. The second kappa shape index (κ2) is 14.0. The van der Waals surface area contributed by atoms with Crippen LogP contribution >= 0.6 is 0 Å². The minimum Gasteiger partial charge on any atom is -0.497 e. The van der Waals surface area contributed by atoms with Crippen molar-refractivity contribution in [2.75, 3.05) is 25.1 Å². The van der Waals surface area contributed by atoms with Crippen LogP contribution in [0.2, 0.25) is 0 Å². The summed E-state index contributed by atoms with van der Waals surface area (Å²) >= 11 is 0. The molecule has 0 fully saturated rings. The number of sulfonamides is 1. The molecule has 2 atom stereocenters. The molecule has 0 aliphatic rings. The Hall–Kier alpha value is -4.12. The van der Waals surface area contributed by atoms with E-state index in [2.05, 4.69) is 5.32 Å². The lowest BCUT2D eigenvalue weighted by molar-refractivity contribution is -0.139. The monoisotopic (exact) mass is 585 g/mol. The fraction of sp³-hybridized carbons (Fsp3) is 0.333. The lowest BCUT2D eigenvalue weighted by Gasteiger charge is -2.32. The van der Waals surface area contributed by atoms with Crippen molar-refractivity contribution < 1.29 is 31.9 Å². The highest BCUT2D eigenvalue weighted by atomic mass is 32.2. The Labute approximate surface area is 240 Å². The second-order valence-electron chi connectivity index (χ2n) is 9.53. The summed E-state index contributed by atoms with van der Waals surface area (Å²) in [6.45, 7) is 4.77. The molecule has 0 aliphatic heterocycles. The van der Waals surface area contributed by atoms with Gasteiger partial charge in [0.25, 0.3) is 10.0 Å². The molecule has 0 bridgehead atoms. The summed E-state index contributed by atoms with van der Waals surface area (Å²) < 4.78 is 52.8. The quantitative estimate of drug-likeness (QED) is 0.320. The number of hydrogen-bond acceptors (Lipinski definition) is 6. The van der Waals surface area contributed by atoms with Gasteiger partial charge in [0.15, 0.2) is 0 Å². The van der Waals surface area contributed by atoms with Gasteiger partial charge >= 0.3 is 0 Å². The van der Waals surface area contributed by atoms with Gasteiger partial charge < -0.3 is 19.7 Å². The van der Waals surface area contributed by atoms with Crippen LogP contribution < -0.4 is 19.1 Å². The van der Waals surface area contributed by atoms with Gasteiger partial charge in [-0.15, -0.1) is 0 Å². The van der Waals surface area contributed by atoms with Crippen molar-refractivity contribution in [1.29, 1.82) is 0 Å². The number of hydrogen-bond donors (Lipinski definition) is 1. The van der Waals surface area contributed by atoms with Crippen LogP contribution in [-0.2, 0) is 26.2 Å². The smallest absolute Gasteiger partial charge is 0.264 e. The molecule has 0 saturated heterocycles. The van der Waals surface area contributed by atoms with Crippen molar-refractivity contribution in [2.45, 2.75) is 50.7 Å². The van der Waals surface area contributed by atoms with Gasteiger partial charge in [0.1, 0.15) is 29.9 Å². The Morgan fingerprint density at radius 3 is 2.15 bits per heavy atom. The molecule has 1 N–H and O–H groups in total. The Balaban J connectivity index is 2.03. The fourth-order valence-corrected chi connectivity index (χ4v) is 5.44. The second-order valence-corrected chi connectivity index (χ2v) is 11.4. The lowest BCUT2D eigenvalue weighted by Crippen LogP contribution is -2.52. The number of amides is 2. The number of nitrogens with zero attached hydrogens (tertiary/aromatic N) is 2. The average Bonchev–Trinajstić information content (AvgIpc) is 2.98. The third kappa shape index (κ3) is 7.97. The maximum absolute atomic E-state index is 13.9. The van der Waals surface area contributed by atoms with Crippen molar-refractivity contribution >= 4 is 27.5 Å². The zero-order chi connectivity index (χ0) is 30.2. The van der Waals surface area contributed by atoms with Crippen LogP contribution in [0.5, 0.6) is 11.5 Å². The third-order valence-corrected chi connectivity index (χ3v) is 8.48. The first kappa shape index (κ1) is 31.4. The number of anilines is 1. The summed E-state index contributed by atoms with van der Waals surface area (Å²) in [4.78, 5) is 28.3. The van der Waals surface area contributed by atoms with E-state index in [1.807, 2.05) is 13.8 Å². The highest BCUT2D eigenvalue weighted by Crippen LogP contribution is 2.26. The molecule has 0 unspecified atom stereocenters. The number of carbonyl (C=O) groups is 2. The van der Waals surface area contributed by atoms with Gasteiger partial charge in [-0.1, -0.05) is 19.1 Å². The van der Waals surface area contributed by atoms with Crippen molar-refractivity contribution in [3.8, 4) is 11.5 Å². The molecule has 220 valence electrons. The molecule has 0 spiro atoms. The molecular formula is C30H36FN3O6S. The summed E-state index contributed by atoms with van der Waals surface area (Å²) in [6.07, 6.45) is 0.695. The van der Waals surface area contributed by atoms with Crippen LogP contribution in [0.3, 0.4) is 0 Å². The Morgan fingerprint density at radius 1 is 0.927 bits per heavy atom. The highest BCUT2D eigenvalue weighted by Gasteiger charge is 2.33. The maximum atomic E-state index is 13.9. The molecule has 2 amide bonds. The number of rotatable bonds is 13. The molecule has 0 saturated carbocycles. The van der Waals surface area contributed by atoms with Crippen molar-refractivity contribution in [2.24, 2.45) is 0 Å². The molecule has 11 heteroatoms. The van der Waals surface area contributed by atoms with Crippen LogP contribution in [0.4, 0.5) is 10.1 Å². The minimum absolute atomic E-state index is 0.0188. The average molecular weight is 586 g/mol. The van der Waals surface area contributed by atoms with Gasteiger partial charge in [-0.25, -0.2) is 12.8 Å². The van der Waals surface area contributed by atoms with Crippen LogP contribution in [-0.4, -0.2) is 58.0 Å². The molecule has 3 aromatic rings. The number of carbonyl (C=O) groups excluding carboxylic acids is 2. The number of methoxy groups -OCH3 is 2. The van der Waals surface area contributed by atoms with E-state index < -0.39 is 34.3 Å². The topological polar surface area (TPSA) is 105 Å². The number of benzene rings is 3. The minimum atomic E-state index is -4.29. The SMILES string of the molecule is CC[C@@H](C)NC(=O)[C@H](C)N(Cc1cccc(OC)c1)C(=O)CN(c1ccc(F)cc1)S(=O)(=O)c1ccc(OC)cc1. The maximum Gasteiger partial charge on any atom is 0.264 e. The Morgan fingerprint density at radius 2 is 1.56 bits per heavy atom. The van der Waals surface area contributed by atoms with Gasteiger partial charge in [0.2, 0.25) is 11.8 Å². The summed E-state index contributed by atoms with van der Waals surface area (Å²) in [6, 6.07) is 16.5. The molecule has 0 radical (unpaired) electrons. The number of ether oxygens (including phenoxy) is 2. The Bertz CT molecular complexity index is 1430. The molecule has 41 heavy (non-hydrogen) atoms. The van der Waals surface area contributed by atoms with E-state index in [1.54, 1.807) is 31.2 Å². The fourth-order valence-electron chi connectivity index (χ4n) is 4.03. The number of halogens is 1. The van der Waals surface area contributed by atoms with Crippen LogP contribution in [0.15, 0.2) is 77.7 Å². The van der Waals surface area contributed by atoms with Crippen LogP contribution in [0, 0.1) is 5.82 Å². The van der Waals surface area contributed by atoms with E-state index in [0.29, 0.717) is 23.5 Å². The highest BCUT2D eigenvalue weighted by molar-refractivity contribution is 7.92. The lowest BCUT2D eigenvalue weighted by atomic mass is 10.1. The summed E-state index contributed by atoms with van der Waals surface area (Å²) in [5.74, 6) is -0.527. The van der Waals surface area contributed by atoms with Gasteiger partial charge in [-0.3, -0.25) is 13.9 Å². The first-order valence-corrected chi connectivity index (χ1v) is 14.6. The zero-order valence-corrected chi connectivity index (χ0v) is 24.7. The molecule has 9 nitrogen and oxygen atoms in total. The normalized spacial score (nSPS) is 12.6. The Kier molecular flexibility index (Phi) is 10.7. The van der Waals surface area contributed by atoms with Crippen LogP contribution in [0.1, 0.15) is 32.8 Å².